The lowest BCUT2D eigenvalue weighted by Gasteiger charge is -2.31. The van der Waals surface area contributed by atoms with Crippen molar-refractivity contribution in [3.63, 3.8) is 0 Å². The van der Waals surface area contributed by atoms with Crippen LogP contribution in [0.4, 0.5) is 0 Å². The Labute approximate surface area is 172 Å². The average molecular weight is 414 g/mol. The van der Waals surface area contributed by atoms with Gasteiger partial charge in [-0.25, -0.2) is 0 Å². The van der Waals surface area contributed by atoms with E-state index in [1.54, 1.807) is 29.2 Å². The Bertz CT molecular complexity index is 1030. The molecule has 8 heteroatoms. The summed E-state index contributed by atoms with van der Waals surface area (Å²) in [4.78, 5) is 26.7. The van der Waals surface area contributed by atoms with Gasteiger partial charge in [-0.15, -0.1) is 0 Å². The number of nitrogens with zero attached hydrogens (tertiary/aromatic N) is 2. The fourth-order valence-electron chi connectivity index (χ4n) is 3.40. The summed E-state index contributed by atoms with van der Waals surface area (Å²) in [6, 6.07) is 10.6. The molecule has 0 spiro atoms. The van der Waals surface area contributed by atoms with Gasteiger partial charge in [0.1, 0.15) is 0 Å². The van der Waals surface area contributed by atoms with Crippen LogP contribution in [0.5, 0.6) is 0 Å². The lowest BCUT2D eigenvalue weighted by Crippen LogP contribution is -2.46. The van der Waals surface area contributed by atoms with Crippen LogP contribution in [0.3, 0.4) is 0 Å². The second-order valence-electron chi connectivity index (χ2n) is 7.06. The fraction of sp³-hybridized carbons (Fsp3) is 0.286. The highest BCUT2D eigenvalue weighted by molar-refractivity contribution is 6.30. The number of halogens is 1. The van der Waals surface area contributed by atoms with Crippen LogP contribution in [0.25, 0.3) is 11.3 Å². The Hall–Kier alpha value is -3.06. The molecule has 1 aromatic carbocycles. The molecule has 29 heavy (non-hydrogen) atoms. The molecule has 0 bridgehead atoms. The molecule has 7 nitrogen and oxygen atoms in total. The molecule has 1 aliphatic rings. The van der Waals surface area contributed by atoms with E-state index < -0.39 is 0 Å². The molecule has 0 unspecified atom stereocenters. The molecule has 1 fully saturated rings. The topological polar surface area (TPSA) is 88.6 Å². The monoisotopic (exact) mass is 413 g/mol. The van der Waals surface area contributed by atoms with E-state index in [-0.39, 0.29) is 23.6 Å². The molecule has 0 atom stereocenters. The van der Waals surface area contributed by atoms with Crippen molar-refractivity contribution in [1.82, 2.24) is 15.4 Å². The van der Waals surface area contributed by atoms with Crippen molar-refractivity contribution in [3.05, 3.63) is 64.7 Å². The van der Waals surface area contributed by atoms with E-state index >= 15 is 0 Å². The summed E-state index contributed by atoms with van der Waals surface area (Å²) in [5.41, 5.74) is 1.82. The van der Waals surface area contributed by atoms with Crippen LogP contribution in [0.15, 0.2) is 51.6 Å². The number of aromatic nitrogens is 1. The third-order valence-corrected chi connectivity index (χ3v) is 5.26. The number of aryl methyl sites for hydroxylation is 1. The Kier molecular flexibility index (Phi) is 5.40. The number of piperidine rings is 1. The molecule has 3 aromatic rings. The predicted octanol–water partition coefficient (Wildman–Crippen LogP) is 3.93. The highest BCUT2D eigenvalue weighted by Gasteiger charge is 2.27. The quantitative estimate of drug-likeness (QED) is 0.700. The van der Waals surface area contributed by atoms with Crippen LogP contribution in [0.2, 0.25) is 5.02 Å². The second kappa shape index (κ2) is 8.13. The number of benzene rings is 1. The zero-order valence-electron chi connectivity index (χ0n) is 15.9. The number of amides is 2. The standard InChI is InChI=1S/C21H20ClN3O4/c1-13-7-10-28-19(13)20(26)23-16-5-8-25(9-6-16)21(27)17-12-18(29-24-17)14-3-2-4-15(22)11-14/h2-4,7,10-12,16H,5-6,8-9H2,1H3,(H,23,26). The van der Waals surface area contributed by atoms with Crippen LogP contribution >= 0.6 is 11.6 Å². The van der Waals surface area contributed by atoms with Gasteiger partial charge in [-0.05, 0) is 38.0 Å². The van der Waals surface area contributed by atoms with E-state index in [0.717, 1.165) is 11.1 Å². The first kappa shape index (κ1) is 19.3. The molecule has 1 aliphatic heterocycles. The van der Waals surface area contributed by atoms with Gasteiger partial charge in [0.25, 0.3) is 11.8 Å². The molecule has 1 N–H and O–H groups in total. The molecular formula is C21H20ClN3O4. The summed E-state index contributed by atoms with van der Waals surface area (Å²) in [5.74, 6) is 0.417. The Morgan fingerprint density at radius 2 is 2.00 bits per heavy atom. The van der Waals surface area contributed by atoms with Crippen LogP contribution < -0.4 is 5.32 Å². The molecule has 2 amide bonds. The van der Waals surface area contributed by atoms with Gasteiger partial charge in [0.2, 0.25) is 0 Å². The van der Waals surface area contributed by atoms with Crippen LogP contribution in [0.1, 0.15) is 39.4 Å². The molecular weight excluding hydrogens is 394 g/mol. The molecule has 1 saturated heterocycles. The Balaban J connectivity index is 1.35. The maximum atomic E-state index is 12.7. The van der Waals surface area contributed by atoms with Crippen molar-refractivity contribution < 1.29 is 18.5 Å². The largest absolute Gasteiger partial charge is 0.459 e. The van der Waals surface area contributed by atoms with Crippen LogP contribution in [-0.2, 0) is 0 Å². The van der Waals surface area contributed by atoms with Gasteiger partial charge < -0.3 is 19.2 Å². The summed E-state index contributed by atoms with van der Waals surface area (Å²) in [6.07, 6.45) is 2.83. The van der Waals surface area contributed by atoms with Crippen molar-refractivity contribution in [2.75, 3.05) is 13.1 Å². The number of rotatable bonds is 4. The number of carbonyl (C=O) groups excluding carboxylic acids is 2. The maximum absolute atomic E-state index is 12.7. The van der Waals surface area contributed by atoms with E-state index in [1.807, 2.05) is 19.1 Å². The third kappa shape index (κ3) is 4.19. The number of likely N-dealkylation sites (tertiary alicyclic amines) is 1. The van der Waals surface area contributed by atoms with Crippen molar-refractivity contribution in [2.45, 2.75) is 25.8 Å². The van der Waals surface area contributed by atoms with Crippen molar-refractivity contribution in [1.29, 1.82) is 0 Å². The fourth-order valence-corrected chi connectivity index (χ4v) is 3.59. The molecule has 3 heterocycles. The Morgan fingerprint density at radius 1 is 1.21 bits per heavy atom. The van der Waals surface area contributed by atoms with Gasteiger partial charge in [-0.2, -0.15) is 0 Å². The van der Waals surface area contributed by atoms with Gasteiger partial charge in [0.05, 0.1) is 6.26 Å². The summed E-state index contributed by atoms with van der Waals surface area (Å²) in [6.45, 7) is 2.88. The number of hydrogen-bond donors (Lipinski definition) is 1. The molecule has 0 saturated carbocycles. The van der Waals surface area contributed by atoms with Crippen molar-refractivity contribution in [2.24, 2.45) is 0 Å². The van der Waals surface area contributed by atoms with E-state index in [1.165, 1.54) is 6.26 Å². The van der Waals surface area contributed by atoms with E-state index in [4.69, 9.17) is 20.5 Å². The lowest BCUT2D eigenvalue weighted by molar-refractivity contribution is 0.0686. The predicted molar refractivity (Wildman–Crippen MR) is 107 cm³/mol. The minimum atomic E-state index is -0.222. The summed E-state index contributed by atoms with van der Waals surface area (Å²) < 4.78 is 10.5. The third-order valence-electron chi connectivity index (χ3n) is 5.02. The number of hydrogen-bond acceptors (Lipinski definition) is 5. The molecule has 4 rings (SSSR count). The smallest absolute Gasteiger partial charge is 0.287 e. The first-order chi connectivity index (χ1) is 14.0. The molecule has 0 radical (unpaired) electrons. The molecule has 0 aliphatic carbocycles. The van der Waals surface area contributed by atoms with Gasteiger partial charge in [-0.1, -0.05) is 28.9 Å². The number of nitrogens with one attached hydrogen (secondary N) is 1. The zero-order valence-corrected chi connectivity index (χ0v) is 16.6. The first-order valence-electron chi connectivity index (χ1n) is 9.38. The average Bonchev–Trinajstić information content (AvgIpc) is 3.37. The molecule has 2 aromatic heterocycles. The summed E-state index contributed by atoms with van der Waals surface area (Å²) >= 11 is 6.00. The number of furan rings is 1. The SMILES string of the molecule is Cc1ccoc1C(=O)NC1CCN(C(=O)c2cc(-c3cccc(Cl)c3)on2)CC1. The number of carbonyl (C=O) groups is 2. The van der Waals surface area contributed by atoms with Gasteiger partial charge in [0.15, 0.2) is 17.2 Å². The minimum Gasteiger partial charge on any atom is -0.459 e. The second-order valence-corrected chi connectivity index (χ2v) is 7.50. The van der Waals surface area contributed by atoms with Gasteiger partial charge in [-0.3, -0.25) is 9.59 Å². The summed E-state index contributed by atoms with van der Waals surface area (Å²) in [7, 11) is 0. The zero-order chi connectivity index (χ0) is 20.4. The maximum Gasteiger partial charge on any atom is 0.287 e. The van der Waals surface area contributed by atoms with Crippen molar-refractivity contribution in [3.8, 4) is 11.3 Å². The summed E-state index contributed by atoms with van der Waals surface area (Å²) in [5, 5.41) is 7.48. The van der Waals surface area contributed by atoms with E-state index in [2.05, 4.69) is 10.5 Å². The van der Waals surface area contributed by atoms with Crippen LogP contribution in [-0.4, -0.2) is 41.0 Å². The Morgan fingerprint density at radius 3 is 2.69 bits per heavy atom. The highest BCUT2D eigenvalue weighted by Crippen LogP contribution is 2.24. The van der Waals surface area contributed by atoms with Crippen molar-refractivity contribution >= 4 is 23.4 Å². The van der Waals surface area contributed by atoms with E-state index in [9.17, 15) is 9.59 Å². The lowest BCUT2D eigenvalue weighted by atomic mass is 10.0. The van der Waals surface area contributed by atoms with Crippen LogP contribution in [0, 0.1) is 6.92 Å². The minimum absolute atomic E-state index is 0.00428. The van der Waals surface area contributed by atoms with Gasteiger partial charge in [0, 0.05) is 41.3 Å². The molecule has 150 valence electrons. The van der Waals surface area contributed by atoms with Gasteiger partial charge >= 0.3 is 0 Å². The first-order valence-corrected chi connectivity index (χ1v) is 9.76. The highest BCUT2D eigenvalue weighted by atomic mass is 35.5. The van der Waals surface area contributed by atoms with E-state index in [0.29, 0.717) is 42.5 Å². The normalized spacial score (nSPS) is 14.8.